The van der Waals surface area contributed by atoms with Crippen LogP contribution in [0, 0.1) is 5.92 Å². The van der Waals surface area contributed by atoms with Gasteiger partial charge in [0, 0.05) is 50.3 Å². The van der Waals surface area contributed by atoms with Crippen molar-refractivity contribution in [1.82, 2.24) is 20.9 Å². The first-order valence-electron chi connectivity index (χ1n) is 11.9. The van der Waals surface area contributed by atoms with Gasteiger partial charge in [-0.15, -0.1) is 0 Å². The number of methoxy groups -OCH3 is 1. The SMILES string of the molecule is CNCC(CCCOC)NC(=O)N1CCCC(C(OCC(C)NC(=O)O)c2cccc(Cl)c2)C1. The average Bonchev–Trinajstić information content (AvgIpc) is 2.79. The number of hydrogen-bond acceptors (Lipinski definition) is 5. The van der Waals surface area contributed by atoms with Crippen LogP contribution in [0.3, 0.4) is 0 Å². The molecule has 0 bridgehead atoms. The molecule has 192 valence electrons. The minimum atomic E-state index is -1.09. The number of halogens is 1. The maximum absolute atomic E-state index is 13.1. The predicted molar refractivity (Wildman–Crippen MR) is 132 cm³/mol. The van der Waals surface area contributed by atoms with Crippen LogP contribution in [0.15, 0.2) is 24.3 Å². The maximum Gasteiger partial charge on any atom is 0.404 e. The third-order valence-corrected chi connectivity index (χ3v) is 6.16. The highest BCUT2D eigenvalue weighted by Gasteiger charge is 2.32. The fraction of sp³-hybridized carbons (Fsp3) is 0.667. The van der Waals surface area contributed by atoms with Gasteiger partial charge in [-0.1, -0.05) is 23.7 Å². The highest BCUT2D eigenvalue weighted by atomic mass is 35.5. The number of urea groups is 1. The van der Waals surface area contributed by atoms with E-state index in [1.54, 1.807) is 14.0 Å². The molecule has 1 aromatic rings. The molecule has 4 N–H and O–H groups in total. The molecule has 0 aromatic heterocycles. The molecule has 0 saturated carbocycles. The maximum atomic E-state index is 13.1. The van der Waals surface area contributed by atoms with Gasteiger partial charge in [0.1, 0.15) is 0 Å². The van der Waals surface area contributed by atoms with E-state index in [-0.39, 0.29) is 36.7 Å². The van der Waals surface area contributed by atoms with Crippen molar-refractivity contribution in [3.63, 3.8) is 0 Å². The first kappa shape index (κ1) is 28.2. The lowest BCUT2D eigenvalue weighted by Gasteiger charge is -2.38. The number of piperidine rings is 1. The van der Waals surface area contributed by atoms with Gasteiger partial charge in [0.05, 0.1) is 18.8 Å². The number of ether oxygens (including phenoxy) is 2. The van der Waals surface area contributed by atoms with Gasteiger partial charge in [-0.05, 0) is 57.4 Å². The number of carbonyl (C=O) groups excluding carboxylic acids is 1. The lowest BCUT2D eigenvalue weighted by atomic mass is 9.88. The summed E-state index contributed by atoms with van der Waals surface area (Å²) in [6, 6.07) is 7.11. The molecule has 4 unspecified atom stereocenters. The second-order valence-electron chi connectivity index (χ2n) is 8.85. The monoisotopic (exact) mass is 498 g/mol. The van der Waals surface area contributed by atoms with Gasteiger partial charge in [0.25, 0.3) is 0 Å². The Labute approximate surface area is 207 Å². The van der Waals surface area contributed by atoms with Crippen molar-refractivity contribution in [3.8, 4) is 0 Å². The Bertz CT molecular complexity index is 769. The predicted octanol–water partition coefficient (Wildman–Crippen LogP) is 3.49. The van der Waals surface area contributed by atoms with E-state index in [9.17, 15) is 9.59 Å². The van der Waals surface area contributed by atoms with Crippen molar-refractivity contribution < 1.29 is 24.2 Å². The fourth-order valence-corrected chi connectivity index (χ4v) is 4.54. The van der Waals surface area contributed by atoms with Crippen molar-refractivity contribution in [2.45, 2.75) is 50.8 Å². The van der Waals surface area contributed by atoms with E-state index >= 15 is 0 Å². The Morgan fingerprint density at radius 3 is 2.79 bits per heavy atom. The molecule has 0 spiro atoms. The van der Waals surface area contributed by atoms with Gasteiger partial charge in [-0.2, -0.15) is 0 Å². The summed E-state index contributed by atoms with van der Waals surface area (Å²) in [6.45, 7) is 4.57. The molecule has 0 aliphatic carbocycles. The van der Waals surface area contributed by atoms with Crippen molar-refractivity contribution >= 4 is 23.7 Å². The summed E-state index contributed by atoms with van der Waals surface area (Å²) in [5.74, 6) is 0.0613. The third-order valence-electron chi connectivity index (χ3n) is 5.93. The van der Waals surface area contributed by atoms with Crippen molar-refractivity contribution in [2.75, 3.05) is 47.0 Å². The van der Waals surface area contributed by atoms with Crippen molar-refractivity contribution in [3.05, 3.63) is 34.9 Å². The number of benzene rings is 1. The molecule has 1 heterocycles. The molecule has 0 radical (unpaired) electrons. The Morgan fingerprint density at radius 2 is 2.12 bits per heavy atom. The molecule has 1 aliphatic rings. The largest absolute Gasteiger partial charge is 0.465 e. The van der Waals surface area contributed by atoms with Gasteiger partial charge in [-0.3, -0.25) is 0 Å². The number of hydrogen-bond donors (Lipinski definition) is 4. The van der Waals surface area contributed by atoms with Crippen LogP contribution in [0.25, 0.3) is 0 Å². The standard InChI is InChI=1S/C24H39ClN4O5/c1-17(27-24(31)32)16-34-22(18-7-4-9-20(25)13-18)19-8-5-11-29(15-19)23(30)28-21(14-26-2)10-6-12-33-3/h4,7,9,13,17,19,21-22,26-27H,5-6,8,10-12,14-16H2,1-3H3,(H,28,30)(H,31,32). The lowest BCUT2D eigenvalue weighted by Crippen LogP contribution is -2.51. The number of carbonyl (C=O) groups is 2. The summed E-state index contributed by atoms with van der Waals surface area (Å²) < 4.78 is 11.4. The number of likely N-dealkylation sites (N-methyl/N-ethyl adjacent to an activating group) is 1. The van der Waals surface area contributed by atoms with Crippen molar-refractivity contribution in [2.24, 2.45) is 5.92 Å². The minimum absolute atomic E-state index is 0.0240. The smallest absolute Gasteiger partial charge is 0.404 e. The minimum Gasteiger partial charge on any atom is -0.465 e. The molecule has 1 saturated heterocycles. The van der Waals surface area contributed by atoms with E-state index < -0.39 is 6.09 Å². The zero-order valence-corrected chi connectivity index (χ0v) is 21.1. The zero-order valence-electron chi connectivity index (χ0n) is 20.4. The highest BCUT2D eigenvalue weighted by molar-refractivity contribution is 6.30. The first-order chi connectivity index (χ1) is 16.3. The number of nitrogens with zero attached hydrogens (tertiary/aromatic N) is 1. The zero-order chi connectivity index (χ0) is 24.9. The summed E-state index contributed by atoms with van der Waals surface area (Å²) in [5.41, 5.74) is 0.926. The topological polar surface area (TPSA) is 112 Å². The Hall–Kier alpha value is -2.07. The molecule has 1 aromatic carbocycles. The molecule has 9 nitrogen and oxygen atoms in total. The van der Waals surface area contributed by atoms with Gasteiger partial charge in [0.2, 0.25) is 0 Å². The number of nitrogens with one attached hydrogen (secondary N) is 3. The number of amides is 3. The van der Waals surface area contributed by atoms with Gasteiger partial charge < -0.3 is 35.4 Å². The fourth-order valence-electron chi connectivity index (χ4n) is 4.34. The van der Waals surface area contributed by atoms with E-state index in [0.29, 0.717) is 31.3 Å². The molecular weight excluding hydrogens is 460 g/mol. The molecule has 1 fully saturated rings. The van der Waals surface area contributed by atoms with Crippen LogP contribution in [-0.4, -0.2) is 81.2 Å². The Kier molecular flexibility index (Phi) is 12.5. The molecule has 4 atom stereocenters. The van der Waals surface area contributed by atoms with Crippen molar-refractivity contribution in [1.29, 1.82) is 0 Å². The summed E-state index contributed by atoms with van der Waals surface area (Å²) >= 11 is 6.24. The van der Waals surface area contributed by atoms with Crippen LogP contribution in [0.5, 0.6) is 0 Å². The number of rotatable bonds is 13. The number of likely N-dealkylation sites (tertiary alicyclic amines) is 1. The molecule has 1 aliphatic heterocycles. The highest BCUT2D eigenvalue weighted by Crippen LogP contribution is 2.34. The van der Waals surface area contributed by atoms with E-state index in [4.69, 9.17) is 26.2 Å². The second kappa shape index (κ2) is 15.0. The summed E-state index contributed by atoms with van der Waals surface area (Å²) in [7, 11) is 3.55. The lowest BCUT2D eigenvalue weighted by molar-refractivity contribution is -0.0173. The normalized spacial score (nSPS) is 18.7. The van der Waals surface area contributed by atoms with Crippen LogP contribution in [0.4, 0.5) is 9.59 Å². The number of carboxylic acid groups (broad SMARTS) is 1. The van der Waals surface area contributed by atoms with Crippen LogP contribution in [-0.2, 0) is 9.47 Å². The molecule has 34 heavy (non-hydrogen) atoms. The van der Waals surface area contributed by atoms with E-state index in [0.717, 1.165) is 31.2 Å². The average molecular weight is 499 g/mol. The van der Waals surface area contributed by atoms with Gasteiger partial charge in [-0.25, -0.2) is 9.59 Å². The quantitative estimate of drug-likeness (QED) is 0.310. The second-order valence-corrected chi connectivity index (χ2v) is 9.28. The van der Waals surface area contributed by atoms with Crippen LogP contribution >= 0.6 is 11.6 Å². The van der Waals surface area contributed by atoms with Gasteiger partial charge >= 0.3 is 12.1 Å². The summed E-state index contributed by atoms with van der Waals surface area (Å²) in [6.07, 6.45) is 2.08. The Balaban J connectivity index is 2.07. The van der Waals surface area contributed by atoms with Crippen LogP contribution < -0.4 is 16.0 Å². The molecule has 10 heteroatoms. The van der Waals surface area contributed by atoms with E-state index in [1.807, 2.05) is 36.2 Å². The first-order valence-corrected chi connectivity index (χ1v) is 12.3. The molecule has 3 amide bonds. The summed E-state index contributed by atoms with van der Waals surface area (Å²) in [4.78, 5) is 25.9. The molecular formula is C24H39ClN4O5. The van der Waals surface area contributed by atoms with E-state index in [2.05, 4.69) is 16.0 Å². The Morgan fingerprint density at radius 1 is 1.32 bits per heavy atom. The van der Waals surface area contributed by atoms with E-state index in [1.165, 1.54) is 0 Å². The summed E-state index contributed by atoms with van der Waals surface area (Å²) in [5, 5.41) is 18.3. The van der Waals surface area contributed by atoms with Crippen LogP contribution in [0.1, 0.15) is 44.3 Å². The third kappa shape index (κ3) is 9.66. The van der Waals surface area contributed by atoms with Gasteiger partial charge in [0.15, 0.2) is 0 Å². The van der Waals surface area contributed by atoms with Crippen LogP contribution in [0.2, 0.25) is 5.02 Å². The molecule has 2 rings (SSSR count).